The predicted octanol–water partition coefficient (Wildman–Crippen LogP) is 5.09. The molecule has 4 saturated carbocycles. The lowest BCUT2D eigenvalue weighted by Gasteiger charge is -2.68. The Hall–Kier alpha value is -1.79. The second kappa shape index (κ2) is 9.02. The summed E-state index contributed by atoms with van der Waals surface area (Å²) in [7, 11) is 1.41. The van der Waals surface area contributed by atoms with Crippen LogP contribution in [0.1, 0.15) is 83.3 Å². The number of aliphatic hydroxyl groups excluding tert-OH is 1. The Kier molecular flexibility index (Phi) is 6.71. The van der Waals surface area contributed by atoms with Gasteiger partial charge in [-0.2, -0.15) is 0 Å². The second-order valence-electron chi connectivity index (χ2n) is 12.1. The molecule has 2 atom stereocenters. The van der Waals surface area contributed by atoms with Gasteiger partial charge in [0, 0.05) is 23.1 Å². The third-order valence-corrected chi connectivity index (χ3v) is 8.72. The molecule has 4 aliphatic rings. The third-order valence-electron chi connectivity index (χ3n) is 8.37. The molecule has 7 heteroatoms. The number of rotatable bonds is 7. The van der Waals surface area contributed by atoms with Crippen LogP contribution in [-0.2, 0) is 21.5 Å². The number of ether oxygens (including phenoxy) is 1. The van der Waals surface area contributed by atoms with E-state index in [0.29, 0.717) is 24.3 Å². The van der Waals surface area contributed by atoms with Crippen LogP contribution in [0.3, 0.4) is 0 Å². The van der Waals surface area contributed by atoms with Gasteiger partial charge < -0.3 is 20.5 Å². The predicted molar refractivity (Wildman–Crippen MR) is 133 cm³/mol. The van der Waals surface area contributed by atoms with E-state index in [0.717, 1.165) is 49.7 Å². The molecule has 0 aromatic heterocycles. The highest BCUT2D eigenvalue weighted by Gasteiger charge is 2.73. The third kappa shape index (κ3) is 4.56. The molecular formula is C27H39ClN2O4. The summed E-state index contributed by atoms with van der Waals surface area (Å²) in [6.45, 7) is 6.67. The number of nitrogens with one attached hydrogen (secondary N) is 2. The summed E-state index contributed by atoms with van der Waals surface area (Å²) in [4.78, 5) is 25.2. The molecule has 0 spiro atoms. The lowest BCUT2D eigenvalue weighted by molar-refractivity contribution is -0.199. The average molecular weight is 491 g/mol. The molecule has 2 amide bonds. The Morgan fingerprint density at radius 2 is 1.88 bits per heavy atom. The van der Waals surface area contributed by atoms with Crippen molar-refractivity contribution in [2.45, 2.75) is 89.6 Å². The standard InChI is InChI=1S/C27H39ClN2O4/c1-24(2,3)12-10-18-8-9-19(13-21(18)28)27(11-6-5-7-20(27)14-31)30-23(33)29-26-15-25(16-26,17-26)22(32)34-4/h8-9,13,20,31H,5-7,10-12,14-17H2,1-4H3,(H2,29,30,33)/t20-,25?,26?,27?/m0/s1. The van der Waals surface area contributed by atoms with Crippen LogP contribution >= 0.6 is 11.6 Å². The number of carbonyl (C=O) groups excluding carboxylic acids is 2. The number of methoxy groups -OCH3 is 1. The SMILES string of the molecule is COC(=O)C12CC(NC(=O)NC3(c4ccc(CCC(C)(C)C)c(Cl)c4)CCCC[C@H]3CO)(C1)C2. The number of hydrogen-bond donors (Lipinski definition) is 3. The number of aliphatic hydroxyl groups is 1. The average Bonchev–Trinajstić information content (AvgIpc) is 2.73. The van der Waals surface area contributed by atoms with Crippen molar-refractivity contribution in [3.63, 3.8) is 0 Å². The first-order valence-corrected chi connectivity index (χ1v) is 12.9. The number of benzene rings is 1. The van der Waals surface area contributed by atoms with Crippen LogP contribution in [0.5, 0.6) is 0 Å². The number of urea groups is 1. The number of carbonyl (C=O) groups is 2. The molecule has 1 aromatic carbocycles. The van der Waals surface area contributed by atoms with Crippen molar-refractivity contribution in [2.75, 3.05) is 13.7 Å². The van der Waals surface area contributed by atoms with Gasteiger partial charge in [-0.05, 0) is 67.6 Å². The molecule has 5 rings (SSSR count). The number of halogens is 1. The molecule has 0 saturated heterocycles. The van der Waals surface area contributed by atoms with Crippen LogP contribution in [0.25, 0.3) is 0 Å². The van der Waals surface area contributed by atoms with E-state index in [1.807, 2.05) is 6.07 Å². The zero-order valence-electron chi connectivity index (χ0n) is 20.9. The van der Waals surface area contributed by atoms with Crippen LogP contribution in [0, 0.1) is 16.7 Å². The van der Waals surface area contributed by atoms with Crippen molar-refractivity contribution < 1.29 is 19.4 Å². The first kappa shape index (κ1) is 25.3. The zero-order chi connectivity index (χ0) is 24.8. The van der Waals surface area contributed by atoms with Crippen molar-refractivity contribution in [3.8, 4) is 0 Å². The van der Waals surface area contributed by atoms with E-state index in [1.54, 1.807) is 0 Å². The van der Waals surface area contributed by atoms with E-state index in [1.165, 1.54) is 7.11 Å². The van der Waals surface area contributed by atoms with Gasteiger partial charge in [-0.1, -0.05) is 57.3 Å². The Morgan fingerprint density at radius 1 is 1.18 bits per heavy atom. The molecular weight excluding hydrogens is 452 g/mol. The van der Waals surface area contributed by atoms with Gasteiger partial charge in [-0.25, -0.2) is 4.79 Å². The highest BCUT2D eigenvalue weighted by Crippen LogP contribution is 2.67. The molecule has 0 heterocycles. The molecule has 188 valence electrons. The summed E-state index contributed by atoms with van der Waals surface area (Å²) in [5, 5.41) is 17.4. The fourth-order valence-corrected chi connectivity index (χ4v) is 6.75. The molecule has 4 aliphatic carbocycles. The topological polar surface area (TPSA) is 87.7 Å². The van der Waals surface area contributed by atoms with Gasteiger partial charge in [0.15, 0.2) is 0 Å². The first-order chi connectivity index (χ1) is 16.0. The molecule has 34 heavy (non-hydrogen) atoms. The quantitative estimate of drug-likeness (QED) is 0.464. The zero-order valence-corrected chi connectivity index (χ0v) is 21.7. The number of esters is 1. The van der Waals surface area contributed by atoms with E-state index < -0.39 is 11.0 Å². The molecule has 0 radical (unpaired) electrons. The van der Waals surface area contributed by atoms with Gasteiger partial charge in [-0.3, -0.25) is 4.79 Å². The van der Waals surface area contributed by atoms with Gasteiger partial charge in [0.1, 0.15) is 0 Å². The van der Waals surface area contributed by atoms with Crippen LogP contribution < -0.4 is 10.6 Å². The van der Waals surface area contributed by atoms with Crippen molar-refractivity contribution in [2.24, 2.45) is 16.7 Å². The highest BCUT2D eigenvalue weighted by atomic mass is 35.5. The van der Waals surface area contributed by atoms with Crippen LogP contribution in [0.15, 0.2) is 18.2 Å². The van der Waals surface area contributed by atoms with Crippen molar-refractivity contribution >= 4 is 23.6 Å². The van der Waals surface area contributed by atoms with E-state index in [9.17, 15) is 14.7 Å². The molecule has 0 aliphatic heterocycles. The second-order valence-corrected chi connectivity index (χ2v) is 12.5. The van der Waals surface area contributed by atoms with E-state index in [-0.39, 0.29) is 35.5 Å². The van der Waals surface area contributed by atoms with Crippen LogP contribution in [0.2, 0.25) is 5.02 Å². The van der Waals surface area contributed by atoms with E-state index in [2.05, 4.69) is 43.5 Å². The molecule has 4 fully saturated rings. The van der Waals surface area contributed by atoms with Crippen LogP contribution in [-0.4, -0.2) is 36.4 Å². The summed E-state index contributed by atoms with van der Waals surface area (Å²) in [5.74, 6) is -0.264. The van der Waals surface area contributed by atoms with Gasteiger partial charge in [0.05, 0.1) is 18.1 Å². The van der Waals surface area contributed by atoms with E-state index >= 15 is 0 Å². The Balaban J connectivity index is 1.52. The number of amides is 2. The highest BCUT2D eigenvalue weighted by molar-refractivity contribution is 6.31. The van der Waals surface area contributed by atoms with Gasteiger partial charge in [0.2, 0.25) is 0 Å². The molecule has 1 unspecified atom stereocenters. The maximum absolute atomic E-state index is 13.2. The largest absolute Gasteiger partial charge is 0.469 e. The minimum absolute atomic E-state index is 0.000267. The smallest absolute Gasteiger partial charge is 0.315 e. The lowest BCUT2D eigenvalue weighted by Crippen LogP contribution is -2.78. The van der Waals surface area contributed by atoms with Crippen molar-refractivity contribution in [3.05, 3.63) is 34.3 Å². The summed E-state index contributed by atoms with van der Waals surface area (Å²) < 4.78 is 4.92. The Morgan fingerprint density at radius 3 is 2.47 bits per heavy atom. The van der Waals surface area contributed by atoms with Crippen molar-refractivity contribution in [1.82, 2.24) is 10.6 Å². The monoisotopic (exact) mass is 490 g/mol. The summed E-state index contributed by atoms with van der Waals surface area (Å²) >= 11 is 6.74. The summed E-state index contributed by atoms with van der Waals surface area (Å²) in [5.41, 5.74) is 0.883. The van der Waals surface area contributed by atoms with Gasteiger partial charge >= 0.3 is 12.0 Å². The number of aryl methyl sites for hydroxylation is 1. The molecule has 1 aromatic rings. The maximum atomic E-state index is 13.2. The van der Waals surface area contributed by atoms with Crippen molar-refractivity contribution in [1.29, 1.82) is 0 Å². The van der Waals surface area contributed by atoms with Gasteiger partial charge in [-0.15, -0.1) is 0 Å². The molecule has 6 nitrogen and oxygen atoms in total. The fourth-order valence-electron chi connectivity index (χ4n) is 6.47. The summed E-state index contributed by atoms with van der Waals surface area (Å²) in [6, 6.07) is 5.90. The normalized spacial score (nSPS) is 32.2. The maximum Gasteiger partial charge on any atom is 0.315 e. The Bertz CT molecular complexity index is 937. The Labute approximate surface area is 208 Å². The minimum atomic E-state index is -0.674. The fraction of sp³-hybridized carbons (Fsp3) is 0.704. The van der Waals surface area contributed by atoms with E-state index in [4.69, 9.17) is 16.3 Å². The van der Waals surface area contributed by atoms with Crippen LogP contribution in [0.4, 0.5) is 4.79 Å². The lowest BCUT2D eigenvalue weighted by atomic mass is 9.39. The van der Waals surface area contributed by atoms with Gasteiger partial charge in [0.25, 0.3) is 0 Å². The molecule has 3 N–H and O–H groups in total. The minimum Gasteiger partial charge on any atom is -0.469 e. The molecule has 2 bridgehead atoms. The number of hydrogen-bond acceptors (Lipinski definition) is 4. The first-order valence-electron chi connectivity index (χ1n) is 12.6. The summed E-state index contributed by atoms with van der Waals surface area (Å²) in [6.07, 6.45) is 7.42.